The number of fused-ring (bicyclic) bond motifs is 6. The molecule has 43 heavy (non-hydrogen) atoms. The fourth-order valence-corrected chi connectivity index (χ4v) is 7.86. The number of piperidine rings is 1. The van der Waals surface area contributed by atoms with E-state index < -0.39 is 24.1 Å². The van der Waals surface area contributed by atoms with Crippen LogP contribution < -0.4 is 0 Å². The highest BCUT2D eigenvalue weighted by Crippen LogP contribution is 2.50. The molecule has 3 heterocycles. The van der Waals surface area contributed by atoms with E-state index in [-0.39, 0.29) is 24.5 Å². The summed E-state index contributed by atoms with van der Waals surface area (Å²) in [7, 11) is 1.45. The molecule has 8 heteroatoms. The monoisotopic (exact) mass is 646 g/mol. The molecule has 1 saturated heterocycles. The molecule has 0 spiro atoms. The number of nitrogens with one attached hydrogen (secondary N) is 1. The molecule has 1 N–H and O–H groups in total. The van der Waals surface area contributed by atoms with Gasteiger partial charge in [0.1, 0.15) is 0 Å². The van der Waals surface area contributed by atoms with Crippen molar-refractivity contribution in [2.75, 3.05) is 26.8 Å². The molecule has 2 fully saturated rings. The Balaban J connectivity index is 1.26. The zero-order valence-corrected chi connectivity index (χ0v) is 26.2. The SMILES string of the molecule is C#CCCCCOC(=O)C(O[C@H]1CC[C@H]2CN3CCc4c([nH]c5ccccc45)[C@@H]3C[C@@H]2[C@H]1C(=O)OC)c1ccc(Br)cc1. The van der Waals surface area contributed by atoms with Crippen LogP contribution in [0.1, 0.15) is 67.5 Å². The van der Waals surface area contributed by atoms with E-state index in [1.807, 2.05) is 24.3 Å². The highest BCUT2D eigenvalue weighted by Gasteiger charge is 2.51. The number of carbonyl (C=O) groups excluding carboxylic acids is 2. The van der Waals surface area contributed by atoms with E-state index in [2.05, 4.69) is 56.0 Å². The van der Waals surface area contributed by atoms with Gasteiger partial charge in [0.2, 0.25) is 0 Å². The van der Waals surface area contributed by atoms with Crippen molar-refractivity contribution < 1.29 is 23.8 Å². The van der Waals surface area contributed by atoms with Gasteiger partial charge >= 0.3 is 11.9 Å². The molecule has 3 aromatic rings. The lowest BCUT2D eigenvalue weighted by atomic mass is 9.64. The second-order valence-electron chi connectivity index (χ2n) is 12.0. The van der Waals surface area contributed by atoms with Crippen LogP contribution in [-0.4, -0.2) is 54.7 Å². The number of para-hydroxylation sites is 1. The van der Waals surface area contributed by atoms with Gasteiger partial charge in [0.05, 0.1) is 31.8 Å². The molecule has 1 unspecified atom stereocenters. The first kappa shape index (κ1) is 29.9. The lowest BCUT2D eigenvalue weighted by molar-refractivity contribution is -0.181. The Labute approximate surface area is 261 Å². The summed E-state index contributed by atoms with van der Waals surface area (Å²) in [5.41, 5.74) is 4.54. The van der Waals surface area contributed by atoms with Crippen molar-refractivity contribution in [1.29, 1.82) is 0 Å². The third-order valence-corrected chi connectivity index (χ3v) is 10.2. The van der Waals surface area contributed by atoms with Gasteiger partial charge in [-0.05, 0) is 79.7 Å². The van der Waals surface area contributed by atoms with Gasteiger partial charge in [-0.3, -0.25) is 9.69 Å². The number of esters is 2. The number of H-pyrrole nitrogens is 1. The Morgan fingerprint density at radius 1 is 1.14 bits per heavy atom. The van der Waals surface area contributed by atoms with Crippen molar-refractivity contribution >= 4 is 38.8 Å². The summed E-state index contributed by atoms with van der Waals surface area (Å²) in [6.45, 7) is 2.24. The number of carbonyl (C=O) groups is 2. The molecule has 1 aliphatic carbocycles. The van der Waals surface area contributed by atoms with E-state index in [9.17, 15) is 9.59 Å². The Hall–Kier alpha value is -3.12. The maximum atomic E-state index is 13.5. The molecule has 6 atom stereocenters. The summed E-state index contributed by atoms with van der Waals surface area (Å²) in [5.74, 6) is 1.88. The fourth-order valence-electron chi connectivity index (χ4n) is 7.60. The first-order chi connectivity index (χ1) is 21.0. The number of hydrogen-bond donors (Lipinski definition) is 1. The molecule has 0 bridgehead atoms. The number of benzene rings is 2. The summed E-state index contributed by atoms with van der Waals surface area (Å²) in [4.78, 5) is 33.3. The van der Waals surface area contributed by atoms with Crippen molar-refractivity contribution in [3.05, 3.63) is 69.8 Å². The summed E-state index contributed by atoms with van der Waals surface area (Å²) >= 11 is 3.48. The van der Waals surface area contributed by atoms with Crippen LogP contribution in [0.15, 0.2) is 53.0 Å². The van der Waals surface area contributed by atoms with E-state index in [1.165, 1.54) is 29.3 Å². The second-order valence-corrected chi connectivity index (χ2v) is 13.0. The van der Waals surface area contributed by atoms with E-state index >= 15 is 0 Å². The predicted octanol–water partition coefficient (Wildman–Crippen LogP) is 6.52. The third-order valence-electron chi connectivity index (χ3n) is 9.65. The van der Waals surface area contributed by atoms with Gasteiger partial charge in [0, 0.05) is 40.6 Å². The first-order valence-corrected chi connectivity index (χ1v) is 16.2. The molecule has 2 aliphatic heterocycles. The quantitative estimate of drug-likeness (QED) is 0.162. The van der Waals surface area contributed by atoms with Crippen LogP contribution >= 0.6 is 15.9 Å². The van der Waals surface area contributed by atoms with Gasteiger partial charge in [0.15, 0.2) is 6.10 Å². The van der Waals surface area contributed by atoms with Gasteiger partial charge in [-0.2, -0.15) is 0 Å². The van der Waals surface area contributed by atoms with Crippen molar-refractivity contribution in [1.82, 2.24) is 9.88 Å². The molecular formula is C35H39BrN2O5. The normalized spacial score (nSPS) is 25.6. The molecule has 7 nitrogen and oxygen atoms in total. The molecule has 3 aliphatic rings. The third kappa shape index (κ3) is 6.13. The van der Waals surface area contributed by atoms with E-state index in [1.54, 1.807) is 0 Å². The van der Waals surface area contributed by atoms with Crippen LogP contribution in [0.4, 0.5) is 0 Å². The van der Waals surface area contributed by atoms with E-state index in [0.717, 1.165) is 43.2 Å². The molecule has 1 saturated carbocycles. The maximum Gasteiger partial charge on any atom is 0.339 e. The summed E-state index contributed by atoms with van der Waals surface area (Å²) in [6, 6.07) is 16.2. The number of ether oxygens (including phenoxy) is 3. The van der Waals surface area contributed by atoms with Crippen molar-refractivity contribution in [3.63, 3.8) is 0 Å². The number of rotatable bonds is 9. The highest BCUT2D eigenvalue weighted by molar-refractivity contribution is 9.10. The Kier molecular flexibility index (Phi) is 9.22. The van der Waals surface area contributed by atoms with Gasteiger partial charge in [-0.25, -0.2) is 4.79 Å². The van der Waals surface area contributed by atoms with Gasteiger partial charge < -0.3 is 19.2 Å². The minimum atomic E-state index is -0.940. The van der Waals surface area contributed by atoms with Crippen molar-refractivity contribution in [3.8, 4) is 12.3 Å². The van der Waals surface area contributed by atoms with Crippen LogP contribution in [0.2, 0.25) is 0 Å². The summed E-state index contributed by atoms with van der Waals surface area (Å²) in [5, 5.41) is 1.30. The number of aromatic nitrogens is 1. The largest absolute Gasteiger partial charge is 0.469 e. The van der Waals surface area contributed by atoms with Crippen LogP contribution in [-0.2, 0) is 30.2 Å². The smallest absolute Gasteiger partial charge is 0.339 e. The summed E-state index contributed by atoms with van der Waals surface area (Å²) < 4.78 is 18.6. The van der Waals surface area contributed by atoms with Gasteiger partial charge in [-0.15, -0.1) is 12.3 Å². The number of nitrogens with zero attached hydrogens (tertiary/aromatic N) is 1. The Morgan fingerprint density at radius 3 is 2.74 bits per heavy atom. The first-order valence-electron chi connectivity index (χ1n) is 15.4. The standard InChI is InChI=1S/C35H39BrN2O5/c1-3-4-5-8-19-42-35(40)33(22-11-14-24(36)15-12-22)43-30-16-13-23-21-38-18-17-26-25-9-6-7-10-28(25)37-32(26)29(38)20-27(23)31(30)34(39)41-2/h1,6-7,9-12,14-15,23,27,29-31,33,37H,4-5,8,13,16-21H2,2H3/t23-,27-,29-,30-,31+,33?/m0/s1. The number of aromatic amines is 1. The maximum absolute atomic E-state index is 13.5. The van der Waals surface area contributed by atoms with Crippen LogP contribution in [0, 0.1) is 30.1 Å². The van der Waals surface area contributed by atoms with E-state index in [0.29, 0.717) is 30.7 Å². The van der Waals surface area contributed by atoms with E-state index in [4.69, 9.17) is 20.6 Å². The molecule has 0 radical (unpaired) electrons. The zero-order valence-electron chi connectivity index (χ0n) is 24.6. The number of unbranched alkanes of at least 4 members (excludes halogenated alkanes) is 2. The average Bonchev–Trinajstić information content (AvgIpc) is 3.42. The minimum absolute atomic E-state index is 0.0789. The second kappa shape index (κ2) is 13.3. The van der Waals surface area contributed by atoms with Crippen molar-refractivity contribution in [2.45, 2.75) is 63.2 Å². The van der Waals surface area contributed by atoms with Crippen LogP contribution in [0.3, 0.4) is 0 Å². The zero-order chi connectivity index (χ0) is 29.9. The molecule has 1 aromatic heterocycles. The minimum Gasteiger partial charge on any atom is -0.469 e. The van der Waals surface area contributed by atoms with Crippen molar-refractivity contribution in [2.24, 2.45) is 17.8 Å². The van der Waals surface area contributed by atoms with Crippen LogP contribution in [0.25, 0.3) is 10.9 Å². The summed E-state index contributed by atoms with van der Waals surface area (Å²) in [6.07, 6.45) is 9.56. The lowest BCUT2D eigenvalue weighted by Gasteiger charge is -2.51. The fraction of sp³-hybridized carbons (Fsp3) is 0.486. The topological polar surface area (TPSA) is 80.9 Å². The molecule has 2 aromatic carbocycles. The van der Waals surface area contributed by atoms with Gasteiger partial charge in [0.25, 0.3) is 0 Å². The van der Waals surface area contributed by atoms with Gasteiger partial charge in [-0.1, -0.05) is 46.3 Å². The molecule has 6 rings (SSSR count). The number of methoxy groups -OCH3 is 1. The number of hydrogen-bond acceptors (Lipinski definition) is 6. The van der Waals surface area contributed by atoms with Crippen LogP contribution in [0.5, 0.6) is 0 Å². The average molecular weight is 648 g/mol. The molecule has 226 valence electrons. The molecular weight excluding hydrogens is 608 g/mol. The highest BCUT2D eigenvalue weighted by atomic mass is 79.9. The predicted molar refractivity (Wildman–Crippen MR) is 168 cm³/mol. The number of terminal acetylenes is 1. The lowest BCUT2D eigenvalue weighted by Crippen LogP contribution is -2.54. The number of halogens is 1. The Bertz CT molecular complexity index is 1490. The Morgan fingerprint density at radius 2 is 1.95 bits per heavy atom. The molecule has 0 amide bonds.